The highest BCUT2D eigenvalue weighted by molar-refractivity contribution is 9.10. The van der Waals surface area contributed by atoms with E-state index in [1.54, 1.807) is 0 Å². The molecule has 0 aliphatic carbocycles. The van der Waals surface area contributed by atoms with Gasteiger partial charge >= 0.3 is 0 Å². The van der Waals surface area contributed by atoms with Crippen LogP contribution in [0.2, 0.25) is 0 Å². The van der Waals surface area contributed by atoms with Gasteiger partial charge in [0.15, 0.2) is 0 Å². The Kier molecular flexibility index (Phi) is 3.12. The molecule has 1 aromatic carbocycles. The zero-order valence-electron chi connectivity index (χ0n) is 9.37. The maximum atomic E-state index is 5.76. The number of nitrogens with zero attached hydrogens (tertiary/aromatic N) is 2. The number of aryl methyl sites for hydroxylation is 2. The molecule has 2 N–H and O–H groups in total. The molecule has 0 radical (unpaired) electrons. The zero-order chi connectivity index (χ0) is 11.7. The van der Waals surface area contributed by atoms with Crippen molar-refractivity contribution in [1.82, 2.24) is 9.78 Å². The smallest absolute Gasteiger partial charge is 0.0675 e. The van der Waals surface area contributed by atoms with Crippen LogP contribution in [0.5, 0.6) is 0 Å². The first-order valence-corrected chi connectivity index (χ1v) is 5.91. The molecule has 0 spiro atoms. The SMILES string of the molecule is Cc1nn(C)c(CN)c1-c1ccc(Br)cc1. The first-order valence-electron chi connectivity index (χ1n) is 5.12. The molecule has 2 rings (SSSR count). The van der Waals surface area contributed by atoms with Crippen LogP contribution in [0, 0.1) is 6.92 Å². The van der Waals surface area contributed by atoms with Crippen molar-refractivity contribution in [2.45, 2.75) is 13.5 Å². The third-order valence-corrected chi connectivity index (χ3v) is 3.20. The van der Waals surface area contributed by atoms with Gasteiger partial charge in [-0.2, -0.15) is 5.10 Å². The van der Waals surface area contributed by atoms with Gasteiger partial charge in [-0.15, -0.1) is 0 Å². The van der Waals surface area contributed by atoms with E-state index >= 15 is 0 Å². The molecule has 0 saturated carbocycles. The van der Waals surface area contributed by atoms with E-state index in [1.165, 1.54) is 0 Å². The largest absolute Gasteiger partial charge is 0.325 e. The second kappa shape index (κ2) is 4.39. The van der Waals surface area contributed by atoms with Crippen LogP contribution < -0.4 is 5.73 Å². The molecule has 2 aromatic rings. The van der Waals surface area contributed by atoms with Gasteiger partial charge in [0.05, 0.1) is 11.4 Å². The monoisotopic (exact) mass is 279 g/mol. The first-order chi connectivity index (χ1) is 7.63. The van der Waals surface area contributed by atoms with E-state index in [1.807, 2.05) is 30.8 Å². The average molecular weight is 280 g/mol. The molecule has 0 bridgehead atoms. The highest BCUT2D eigenvalue weighted by Crippen LogP contribution is 2.27. The highest BCUT2D eigenvalue weighted by atomic mass is 79.9. The van der Waals surface area contributed by atoms with Crippen molar-refractivity contribution in [3.8, 4) is 11.1 Å². The Morgan fingerprint density at radius 1 is 1.31 bits per heavy atom. The predicted octanol–water partition coefficient (Wildman–Crippen LogP) is 2.62. The van der Waals surface area contributed by atoms with Crippen molar-refractivity contribution in [2.75, 3.05) is 0 Å². The van der Waals surface area contributed by atoms with Crippen molar-refractivity contribution in [3.05, 3.63) is 40.1 Å². The van der Waals surface area contributed by atoms with Crippen molar-refractivity contribution < 1.29 is 0 Å². The van der Waals surface area contributed by atoms with Crippen molar-refractivity contribution in [2.24, 2.45) is 12.8 Å². The summed E-state index contributed by atoms with van der Waals surface area (Å²) in [6, 6.07) is 8.21. The summed E-state index contributed by atoms with van der Waals surface area (Å²) in [7, 11) is 1.93. The molecule has 3 nitrogen and oxygen atoms in total. The van der Waals surface area contributed by atoms with Gasteiger partial charge in [0, 0.05) is 23.6 Å². The predicted molar refractivity (Wildman–Crippen MR) is 69.0 cm³/mol. The van der Waals surface area contributed by atoms with Crippen LogP contribution in [0.1, 0.15) is 11.4 Å². The summed E-state index contributed by atoms with van der Waals surface area (Å²) in [5.74, 6) is 0. The second-order valence-corrected chi connectivity index (χ2v) is 4.66. The van der Waals surface area contributed by atoms with Gasteiger partial charge in [0.25, 0.3) is 0 Å². The number of rotatable bonds is 2. The van der Waals surface area contributed by atoms with E-state index in [4.69, 9.17) is 5.73 Å². The van der Waals surface area contributed by atoms with Crippen LogP contribution in [-0.4, -0.2) is 9.78 Å². The molecule has 0 unspecified atom stereocenters. The maximum absolute atomic E-state index is 5.76. The van der Waals surface area contributed by atoms with Crippen LogP contribution in [0.3, 0.4) is 0 Å². The van der Waals surface area contributed by atoms with Crippen LogP contribution >= 0.6 is 15.9 Å². The molecular weight excluding hydrogens is 266 g/mol. The fourth-order valence-corrected chi connectivity index (χ4v) is 2.20. The summed E-state index contributed by atoms with van der Waals surface area (Å²) in [6.45, 7) is 2.51. The molecule has 16 heavy (non-hydrogen) atoms. The van der Waals surface area contributed by atoms with Crippen LogP contribution in [0.4, 0.5) is 0 Å². The Morgan fingerprint density at radius 3 is 2.50 bits per heavy atom. The normalized spacial score (nSPS) is 10.8. The first kappa shape index (κ1) is 11.4. The minimum atomic E-state index is 0.503. The molecule has 1 heterocycles. The lowest BCUT2D eigenvalue weighted by Gasteiger charge is -2.04. The number of benzene rings is 1. The van der Waals surface area contributed by atoms with Crippen LogP contribution in [0.15, 0.2) is 28.7 Å². The summed E-state index contributed by atoms with van der Waals surface area (Å²) in [4.78, 5) is 0. The number of halogens is 1. The molecular formula is C12H14BrN3. The number of aromatic nitrogens is 2. The van der Waals surface area contributed by atoms with E-state index in [0.717, 1.165) is 27.0 Å². The summed E-state index contributed by atoms with van der Waals surface area (Å²) < 4.78 is 2.93. The molecule has 0 fully saturated rings. The highest BCUT2D eigenvalue weighted by Gasteiger charge is 2.13. The minimum Gasteiger partial charge on any atom is -0.325 e. The topological polar surface area (TPSA) is 43.8 Å². The van der Waals surface area contributed by atoms with Gasteiger partial charge in [-0.3, -0.25) is 4.68 Å². The van der Waals surface area contributed by atoms with Crippen molar-refractivity contribution in [1.29, 1.82) is 0 Å². The lowest BCUT2D eigenvalue weighted by molar-refractivity contribution is 0.706. The fraction of sp³-hybridized carbons (Fsp3) is 0.250. The summed E-state index contributed by atoms with van der Waals surface area (Å²) in [5, 5.41) is 4.41. The Bertz CT molecular complexity index is 500. The lowest BCUT2D eigenvalue weighted by atomic mass is 10.0. The number of nitrogens with two attached hydrogens (primary N) is 1. The summed E-state index contributed by atoms with van der Waals surface area (Å²) >= 11 is 3.43. The molecule has 0 aliphatic rings. The third-order valence-electron chi connectivity index (χ3n) is 2.67. The molecule has 0 amide bonds. The zero-order valence-corrected chi connectivity index (χ0v) is 11.0. The van der Waals surface area contributed by atoms with Gasteiger partial charge in [0.1, 0.15) is 0 Å². The second-order valence-electron chi connectivity index (χ2n) is 3.74. The van der Waals surface area contributed by atoms with Gasteiger partial charge < -0.3 is 5.73 Å². The third kappa shape index (κ3) is 1.90. The maximum Gasteiger partial charge on any atom is 0.0675 e. The molecule has 0 aliphatic heterocycles. The lowest BCUT2D eigenvalue weighted by Crippen LogP contribution is -2.05. The molecule has 0 atom stereocenters. The number of hydrogen-bond acceptors (Lipinski definition) is 2. The Morgan fingerprint density at radius 2 is 1.94 bits per heavy atom. The average Bonchev–Trinajstić information content (AvgIpc) is 2.54. The Labute approximate surface area is 103 Å². The summed E-state index contributed by atoms with van der Waals surface area (Å²) in [5.41, 5.74) is 10.2. The van der Waals surface area contributed by atoms with E-state index in [0.29, 0.717) is 6.54 Å². The van der Waals surface area contributed by atoms with Crippen LogP contribution in [0.25, 0.3) is 11.1 Å². The molecule has 0 saturated heterocycles. The quantitative estimate of drug-likeness (QED) is 0.919. The van der Waals surface area contributed by atoms with Gasteiger partial charge in [-0.05, 0) is 24.6 Å². The molecule has 84 valence electrons. The molecule has 1 aromatic heterocycles. The summed E-state index contributed by atoms with van der Waals surface area (Å²) in [6.07, 6.45) is 0. The van der Waals surface area contributed by atoms with E-state index in [2.05, 4.69) is 33.2 Å². The standard InChI is InChI=1S/C12H14BrN3/c1-8-12(11(7-14)16(2)15-8)9-3-5-10(13)6-4-9/h3-6H,7,14H2,1-2H3. The van der Waals surface area contributed by atoms with E-state index in [-0.39, 0.29) is 0 Å². The van der Waals surface area contributed by atoms with Crippen LogP contribution in [-0.2, 0) is 13.6 Å². The van der Waals surface area contributed by atoms with Gasteiger partial charge in [-0.25, -0.2) is 0 Å². The Balaban J connectivity index is 2.59. The molecule has 4 heteroatoms. The Hall–Kier alpha value is -1.13. The fourth-order valence-electron chi connectivity index (χ4n) is 1.93. The van der Waals surface area contributed by atoms with Gasteiger partial charge in [0.2, 0.25) is 0 Å². The van der Waals surface area contributed by atoms with Crippen molar-refractivity contribution in [3.63, 3.8) is 0 Å². The number of hydrogen-bond donors (Lipinski definition) is 1. The van der Waals surface area contributed by atoms with E-state index < -0.39 is 0 Å². The van der Waals surface area contributed by atoms with E-state index in [9.17, 15) is 0 Å². The van der Waals surface area contributed by atoms with Gasteiger partial charge in [-0.1, -0.05) is 28.1 Å². The minimum absolute atomic E-state index is 0.503. The van der Waals surface area contributed by atoms with Crippen molar-refractivity contribution >= 4 is 15.9 Å².